The molecule has 4 rings (SSSR count). The van der Waals surface area contributed by atoms with Crippen LogP contribution in [-0.2, 0) is 0 Å². The van der Waals surface area contributed by atoms with Gasteiger partial charge in [0.25, 0.3) is 11.8 Å². The Labute approximate surface area is 166 Å². The molecule has 1 heterocycles. The Bertz CT molecular complexity index is 1190. The third kappa shape index (κ3) is 3.89. The second-order valence-electron chi connectivity index (χ2n) is 6.31. The number of nitrogens with zero attached hydrogens (tertiary/aromatic N) is 2. The van der Waals surface area contributed by atoms with Crippen LogP contribution < -0.4 is 16.4 Å². The number of rotatable bonds is 5. The van der Waals surface area contributed by atoms with Gasteiger partial charge in [0.2, 0.25) is 0 Å². The van der Waals surface area contributed by atoms with Crippen molar-refractivity contribution < 1.29 is 9.59 Å². The van der Waals surface area contributed by atoms with Crippen LogP contribution in [0.25, 0.3) is 10.9 Å². The van der Waals surface area contributed by atoms with E-state index in [1.165, 1.54) is 6.33 Å². The van der Waals surface area contributed by atoms with Crippen LogP contribution in [0.4, 0.5) is 17.2 Å². The molecule has 0 spiro atoms. The fourth-order valence-corrected chi connectivity index (χ4v) is 2.95. The summed E-state index contributed by atoms with van der Waals surface area (Å²) >= 11 is 0. The number of carbonyl (C=O) groups excluding carboxylic acids is 2. The standard InChI is InChI=1S/C22H17N5O2/c23-20(28)17-7-4-8-18-19(17)24-13-25-21(18)26-15-9-11-16(12-10-15)27-22(29)14-5-2-1-3-6-14/h1-13H,(H2,23,28)(H,27,29)(H,24,25,26). The van der Waals surface area contributed by atoms with Gasteiger partial charge in [-0.2, -0.15) is 0 Å². The van der Waals surface area contributed by atoms with Gasteiger partial charge in [-0.1, -0.05) is 24.3 Å². The molecule has 0 unspecified atom stereocenters. The zero-order valence-electron chi connectivity index (χ0n) is 15.3. The van der Waals surface area contributed by atoms with Crippen LogP contribution in [0.2, 0.25) is 0 Å². The third-order valence-electron chi connectivity index (χ3n) is 4.37. The molecule has 0 atom stereocenters. The average Bonchev–Trinajstić information content (AvgIpc) is 2.75. The molecule has 0 saturated carbocycles. The van der Waals surface area contributed by atoms with Gasteiger partial charge in [-0.3, -0.25) is 9.59 Å². The number of carbonyl (C=O) groups is 2. The number of primary amides is 1. The Kier molecular flexibility index (Phi) is 4.86. The molecule has 0 saturated heterocycles. The average molecular weight is 383 g/mol. The highest BCUT2D eigenvalue weighted by molar-refractivity contribution is 6.07. The Morgan fingerprint density at radius 2 is 1.52 bits per heavy atom. The van der Waals surface area contributed by atoms with Crippen LogP contribution in [0.5, 0.6) is 0 Å². The van der Waals surface area contributed by atoms with Gasteiger partial charge in [0, 0.05) is 22.3 Å². The van der Waals surface area contributed by atoms with Crippen molar-refractivity contribution in [2.45, 2.75) is 0 Å². The van der Waals surface area contributed by atoms with Gasteiger partial charge < -0.3 is 16.4 Å². The number of anilines is 3. The van der Waals surface area contributed by atoms with E-state index in [9.17, 15) is 9.59 Å². The number of hydrogen-bond donors (Lipinski definition) is 3. The van der Waals surface area contributed by atoms with E-state index < -0.39 is 5.91 Å². The van der Waals surface area contributed by atoms with Gasteiger partial charge in [0.15, 0.2) is 0 Å². The summed E-state index contributed by atoms with van der Waals surface area (Å²) in [5.41, 5.74) is 8.29. The maximum absolute atomic E-state index is 12.2. The Hall–Kier alpha value is -4.26. The van der Waals surface area contributed by atoms with Crippen molar-refractivity contribution in [1.29, 1.82) is 0 Å². The van der Waals surface area contributed by atoms with Gasteiger partial charge in [0.05, 0.1) is 11.1 Å². The summed E-state index contributed by atoms with van der Waals surface area (Å²) in [7, 11) is 0. The summed E-state index contributed by atoms with van der Waals surface area (Å²) in [6.07, 6.45) is 1.38. The number of hydrogen-bond acceptors (Lipinski definition) is 5. The topological polar surface area (TPSA) is 110 Å². The first-order chi connectivity index (χ1) is 14.1. The lowest BCUT2D eigenvalue weighted by molar-refractivity contribution is 0.0999. The lowest BCUT2D eigenvalue weighted by Gasteiger charge is -2.11. The molecule has 0 aliphatic heterocycles. The largest absolute Gasteiger partial charge is 0.366 e. The lowest BCUT2D eigenvalue weighted by atomic mass is 10.1. The maximum atomic E-state index is 12.2. The first-order valence-corrected chi connectivity index (χ1v) is 8.89. The molecular formula is C22H17N5O2. The molecule has 29 heavy (non-hydrogen) atoms. The highest BCUT2D eigenvalue weighted by Crippen LogP contribution is 2.25. The number of aromatic nitrogens is 2. The Morgan fingerprint density at radius 3 is 2.24 bits per heavy atom. The molecule has 7 heteroatoms. The Morgan fingerprint density at radius 1 is 0.793 bits per heavy atom. The molecule has 0 aliphatic carbocycles. The van der Waals surface area contributed by atoms with Gasteiger partial charge in [-0.25, -0.2) is 9.97 Å². The lowest BCUT2D eigenvalue weighted by Crippen LogP contribution is -2.12. The van der Waals surface area contributed by atoms with E-state index in [0.29, 0.717) is 33.5 Å². The number of benzene rings is 3. The number of para-hydroxylation sites is 1. The number of nitrogens with one attached hydrogen (secondary N) is 2. The summed E-state index contributed by atoms with van der Waals surface area (Å²) in [6, 6.07) is 21.4. The molecule has 0 radical (unpaired) electrons. The predicted octanol–water partition coefficient (Wildman–Crippen LogP) is 3.72. The molecule has 0 bridgehead atoms. The maximum Gasteiger partial charge on any atom is 0.255 e. The first kappa shape index (κ1) is 18.1. The Balaban J connectivity index is 1.54. The van der Waals surface area contributed by atoms with Crippen molar-refractivity contribution in [1.82, 2.24) is 9.97 Å². The third-order valence-corrected chi connectivity index (χ3v) is 4.37. The van der Waals surface area contributed by atoms with Crippen molar-refractivity contribution in [3.63, 3.8) is 0 Å². The van der Waals surface area contributed by atoms with E-state index in [1.807, 2.05) is 36.4 Å². The quantitative estimate of drug-likeness (QED) is 0.486. The molecule has 4 N–H and O–H groups in total. The SMILES string of the molecule is NC(=O)c1cccc2c(Nc3ccc(NC(=O)c4ccccc4)cc3)ncnc12. The monoisotopic (exact) mass is 383 g/mol. The highest BCUT2D eigenvalue weighted by Gasteiger charge is 2.11. The van der Waals surface area contributed by atoms with Gasteiger partial charge in [-0.15, -0.1) is 0 Å². The summed E-state index contributed by atoms with van der Waals surface area (Å²) in [5, 5.41) is 6.75. The molecular weight excluding hydrogens is 366 g/mol. The fourth-order valence-electron chi connectivity index (χ4n) is 2.95. The number of nitrogens with two attached hydrogens (primary N) is 1. The predicted molar refractivity (Wildman–Crippen MR) is 112 cm³/mol. The van der Waals surface area contributed by atoms with E-state index in [4.69, 9.17) is 5.73 Å². The van der Waals surface area contributed by atoms with E-state index in [2.05, 4.69) is 20.6 Å². The van der Waals surface area contributed by atoms with Crippen LogP contribution in [0.15, 0.2) is 79.1 Å². The zero-order chi connectivity index (χ0) is 20.2. The summed E-state index contributed by atoms with van der Waals surface area (Å²) in [4.78, 5) is 32.3. The van der Waals surface area contributed by atoms with Crippen molar-refractivity contribution >= 4 is 39.9 Å². The van der Waals surface area contributed by atoms with Crippen molar-refractivity contribution in [3.8, 4) is 0 Å². The van der Waals surface area contributed by atoms with E-state index >= 15 is 0 Å². The van der Waals surface area contributed by atoms with Crippen LogP contribution in [-0.4, -0.2) is 21.8 Å². The fraction of sp³-hybridized carbons (Fsp3) is 0. The molecule has 2 amide bonds. The normalized spacial score (nSPS) is 10.5. The van der Waals surface area contributed by atoms with Crippen LogP contribution in [0.1, 0.15) is 20.7 Å². The number of amides is 2. The minimum atomic E-state index is -0.543. The van der Waals surface area contributed by atoms with E-state index in [0.717, 1.165) is 5.69 Å². The summed E-state index contributed by atoms with van der Waals surface area (Å²) < 4.78 is 0. The van der Waals surface area contributed by atoms with Gasteiger partial charge in [-0.05, 0) is 48.5 Å². The van der Waals surface area contributed by atoms with Gasteiger partial charge in [0.1, 0.15) is 12.1 Å². The van der Waals surface area contributed by atoms with Crippen molar-refractivity contribution in [3.05, 3.63) is 90.3 Å². The van der Waals surface area contributed by atoms with Crippen LogP contribution in [0.3, 0.4) is 0 Å². The smallest absolute Gasteiger partial charge is 0.255 e. The first-order valence-electron chi connectivity index (χ1n) is 8.89. The van der Waals surface area contributed by atoms with E-state index in [-0.39, 0.29) is 5.91 Å². The molecule has 0 fully saturated rings. The van der Waals surface area contributed by atoms with Crippen molar-refractivity contribution in [2.75, 3.05) is 10.6 Å². The second kappa shape index (κ2) is 7.77. The van der Waals surface area contributed by atoms with Crippen LogP contribution >= 0.6 is 0 Å². The second-order valence-corrected chi connectivity index (χ2v) is 6.31. The van der Waals surface area contributed by atoms with Crippen molar-refractivity contribution in [2.24, 2.45) is 5.73 Å². The molecule has 3 aromatic carbocycles. The van der Waals surface area contributed by atoms with E-state index in [1.54, 1.807) is 36.4 Å². The molecule has 0 aliphatic rings. The number of fused-ring (bicyclic) bond motifs is 1. The zero-order valence-corrected chi connectivity index (χ0v) is 15.3. The highest BCUT2D eigenvalue weighted by atomic mass is 16.2. The molecule has 4 aromatic rings. The van der Waals surface area contributed by atoms with Crippen LogP contribution in [0, 0.1) is 0 Å². The van der Waals surface area contributed by atoms with Gasteiger partial charge >= 0.3 is 0 Å². The minimum absolute atomic E-state index is 0.174. The molecule has 7 nitrogen and oxygen atoms in total. The molecule has 142 valence electrons. The summed E-state index contributed by atoms with van der Waals surface area (Å²) in [5.74, 6) is -0.162. The summed E-state index contributed by atoms with van der Waals surface area (Å²) in [6.45, 7) is 0. The molecule has 1 aromatic heterocycles. The minimum Gasteiger partial charge on any atom is -0.366 e.